The van der Waals surface area contributed by atoms with E-state index in [1.54, 1.807) is 11.2 Å². The summed E-state index contributed by atoms with van der Waals surface area (Å²) in [5.74, 6) is 0.364. The Morgan fingerprint density at radius 2 is 2.15 bits per heavy atom. The van der Waals surface area contributed by atoms with E-state index < -0.39 is 22.9 Å². The summed E-state index contributed by atoms with van der Waals surface area (Å²) >= 11 is 0. The fourth-order valence-corrected chi connectivity index (χ4v) is 3.54. The molecule has 0 saturated heterocycles. The number of H-pyrrole nitrogens is 1. The summed E-state index contributed by atoms with van der Waals surface area (Å²) in [6, 6.07) is 5.46. The molecule has 1 unspecified atom stereocenters. The zero-order valence-corrected chi connectivity index (χ0v) is 15.9. The molecule has 1 aliphatic heterocycles. The van der Waals surface area contributed by atoms with Crippen LogP contribution >= 0.6 is 0 Å². The lowest BCUT2D eigenvalue weighted by Crippen LogP contribution is -2.40. The topological polar surface area (TPSA) is 72.8 Å². The predicted octanol–water partition coefficient (Wildman–Crippen LogP) is 3.50. The number of benzene rings is 1. The van der Waals surface area contributed by atoms with Gasteiger partial charge in [0.15, 0.2) is 11.0 Å². The second-order valence-electron chi connectivity index (χ2n) is 6.89. The number of hydrazone groups is 1. The zero-order valence-electron chi connectivity index (χ0n) is 15.1. The van der Waals surface area contributed by atoms with E-state index in [2.05, 4.69) is 19.8 Å². The predicted molar refractivity (Wildman–Crippen MR) is 99.8 cm³/mol. The highest BCUT2D eigenvalue weighted by atomic mass is 32.2. The smallest absolute Gasteiger partial charge is 0.351 e. The normalized spacial score (nSPS) is 18.3. The minimum Gasteiger partial charge on any atom is -0.351 e. The summed E-state index contributed by atoms with van der Waals surface area (Å²) in [4.78, 5) is 6.98. The molecule has 0 aliphatic carbocycles. The molecule has 0 bridgehead atoms. The van der Waals surface area contributed by atoms with Gasteiger partial charge in [0, 0.05) is 29.1 Å². The molecule has 0 saturated carbocycles. The van der Waals surface area contributed by atoms with Gasteiger partial charge in [0.05, 0.1) is 11.4 Å². The summed E-state index contributed by atoms with van der Waals surface area (Å²) < 4.78 is 54.0. The van der Waals surface area contributed by atoms with Crippen LogP contribution in [-0.4, -0.2) is 39.5 Å². The van der Waals surface area contributed by atoms with Crippen LogP contribution in [0.3, 0.4) is 0 Å². The van der Waals surface area contributed by atoms with E-state index in [-0.39, 0.29) is 5.41 Å². The zero-order chi connectivity index (χ0) is 19.8. The lowest BCUT2D eigenvalue weighted by molar-refractivity contribution is -0.140. The number of guanidine groups is 1. The molecular weight excluding hydrogens is 379 g/mol. The van der Waals surface area contributed by atoms with E-state index >= 15 is 0 Å². The average molecular weight is 399 g/mol. The van der Waals surface area contributed by atoms with Gasteiger partial charge in [-0.1, -0.05) is 13.8 Å². The van der Waals surface area contributed by atoms with Crippen molar-refractivity contribution in [1.29, 1.82) is 0 Å². The van der Waals surface area contributed by atoms with Crippen LogP contribution in [0.4, 0.5) is 13.2 Å². The van der Waals surface area contributed by atoms with E-state index in [9.17, 15) is 17.4 Å². The number of aromatic amines is 1. The van der Waals surface area contributed by atoms with Crippen LogP contribution in [0.15, 0.2) is 39.3 Å². The van der Waals surface area contributed by atoms with E-state index in [1.807, 2.05) is 20.8 Å². The first kappa shape index (κ1) is 19.4. The lowest BCUT2D eigenvalue weighted by atomic mass is 9.97. The maximum absolute atomic E-state index is 12.8. The van der Waals surface area contributed by atoms with Gasteiger partial charge in [-0.25, -0.2) is 9.22 Å². The Bertz CT molecular complexity index is 932. The number of aromatic nitrogens is 1. The van der Waals surface area contributed by atoms with Crippen LogP contribution < -0.4 is 4.72 Å². The molecule has 27 heavy (non-hydrogen) atoms. The van der Waals surface area contributed by atoms with Crippen molar-refractivity contribution >= 4 is 34.1 Å². The van der Waals surface area contributed by atoms with Gasteiger partial charge in [-0.3, -0.25) is 9.71 Å². The molecule has 6 nitrogen and oxygen atoms in total. The Hall–Kier alpha value is -2.36. The Labute approximate surface area is 157 Å². The Balaban J connectivity index is 1.82. The number of rotatable bonds is 3. The minimum atomic E-state index is -4.46. The van der Waals surface area contributed by atoms with Gasteiger partial charge in [0.2, 0.25) is 5.96 Å². The standard InChI is InChI=1S/C17H20F3N5OS/c1-4-21-15(25-10-16(2,3)9-22-25)24-27(26)12-5-6-13-11(7-12)8-14(23-13)17(18,19)20/h5-9,23H,4,10H2,1-3H3,(H,21,24). The van der Waals surface area contributed by atoms with Gasteiger partial charge >= 0.3 is 6.18 Å². The molecule has 2 aromatic rings. The van der Waals surface area contributed by atoms with Gasteiger partial charge in [-0.15, -0.1) is 0 Å². The Morgan fingerprint density at radius 3 is 2.74 bits per heavy atom. The number of hydrogen-bond donors (Lipinski definition) is 2. The van der Waals surface area contributed by atoms with Crippen LogP contribution in [0, 0.1) is 5.41 Å². The molecule has 3 rings (SSSR count). The fraction of sp³-hybridized carbons (Fsp3) is 0.412. The maximum atomic E-state index is 12.8. The fourth-order valence-electron chi connectivity index (χ4n) is 2.66. The molecule has 1 aromatic heterocycles. The van der Waals surface area contributed by atoms with E-state index in [1.165, 1.54) is 18.2 Å². The molecule has 0 radical (unpaired) electrons. The summed E-state index contributed by atoms with van der Waals surface area (Å²) in [6.07, 6.45) is -2.66. The number of nitrogens with one attached hydrogen (secondary N) is 2. The number of fused-ring (bicyclic) bond motifs is 1. The lowest BCUT2D eigenvalue weighted by Gasteiger charge is -2.21. The average Bonchev–Trinajstić information content (AvgIpc) is 3.16. The summed E-state index contributed by atoms with van der Waals surface area (Å²) in [5, 5.41) is 6.26. The minimum absolute atomic E-state index is 0.129. The molecule has 0 fully saturated rings. The summed E-state index contributed by atoms with van der Waals surface area (Å²) in [5.41, 5.74) is -0.637. The van der Waals surface area contributed by atoms with Gasteiger partial charge in [-0.2, -0.15) is 18.3 Å². The number of alkyl halides is 3. The largest absolute Gasteiger partial charge is 0.431 e. The SMILES string of the molecule is CCN=C(NS(=O)c1ccc2[nH]c(C(F)(F)F)cc2c1)N1CC(C)(C)C=N1. The van der Waals surface area contributed by atoms with Gasteiger partial charge in [-0.05, 0) is 31.2 Å². The van der Waals surface area contributed by atoms with Gasteiger partial charge in [0.25, 0.3) is 0 Å². The van der Waals surface area contributed by atoms with Gasteiger partial charge < -0.3 is 4.98 Å². The van der Waals surface area contributed by atoms with E-state index in [4.69, 9.17) is 0 Å². The Kier molecular flexibility index (Phi) is 5.02. The molecule has 1 aromatic carbocycles. The molecule has 146 valence electrons. The molecule has 10 heteroatoms. The Morgan fingerprint density at radius 1 is 1.41 bits per heavy atom. The first-order valence-corrected chi connectivity index (χ1v) is 9.49. The van der Waals surface area contributed by atoms with Crippen molar-refractivity contribution in [3.05, 3.63) is 30.0 Å². The molecular formula is C17H20F3N5OS. The van der Waals surface area contributed by atoms with Crippen LogP contribution in [0.5, 0.6) is 0 Å². The van der Waals surface area contributed by atoms with Crippen molar-refractivity contribution in [3.63, 3.8) is 0 Å². The van der Waals surface area contributed by atoms with Crippen molar-refractivity contribution in [3.8, 4) is 0 Å². The van der Waals surface area contributed by atoms with Crippen molar-refractivity contribution in [2.24, 2.45) is 15.5 Å². The van der Waals surface area contributed by atoms with Crippen molar-refractivity contribution in [1.82, 2.24) is 14.7 Å². The molecule has 0 spiro atoms. The first-order chi connectivity index (χ1) is 12.6. The second kappa shape index (κ2) is 6.99. The van der Waals surface area contributed by atoms with E-state index in [0.29, 0.717) is 34.8 Å². The van der Waals surface area contributed by atoms with Gasteiger partial charge in [0.1, 0.15) is 5.69 Å². The molecule has 2 N–H and O–H groups in total. The molecule has 0 amide bonds. The highest BCUT2D eigenvalue weighted by Gasteiger charge is 2.32. The molecule has 1 atom stereocenters. The quantitative estimate of drug-likeness (QED) is 0.612. The number of nitrogens with zero attached hydrogens (tertiary/aromatic N) is 3. The van der Waals surface area contributed by atoms with Crippen molar-refractivity contribution in [2.45, 2.75) is 31.8 Å². The first-order valence-electron chi connectivity index (χ1n) is 8.34. The molecule has 1 aliphatic rings. The summed E-state index contributed by atoms with van der Waals surface area (Å²) in [6.45, 7) is 6.95. The number of aliphatic imine (C=N–C) groups is 1. The second-order valence-corrected chi connectivity index (χ2v) is 8.10. The summed E-state index contributed by atoms with van der Waals surface area (Å²) in [7, 11) is -1.70. The van der Waals surface area contributed by atoms with Crippen LogP contribution in [0.1, 0.15) is 26.5 Å². The van der Waals surface area contributed by atoms with Crippen LogP contribution in [0.25, 0.3) is 10.9 Å². The van der Waals surface area contributed by atoms with Crippen molar-refractivity contribution < 1.29 is 17.4 Å². The monoisotopic (exact) mass is 399 g/mol. The third kappa shape index (κ3) is 4.32. The van der Waals surface area contributed by atoms with Crippen molar-refractivity contribution in [2.75, 3.05) is 13.1 Å². The third-order valence-electron chi connectivity index (χ3n) is 3.95. The number of halogens is 3. The van der Waals surface area contributed by atoms with Crippen LogP contribution in [-0.2, 0) is 17.2 Å². The highest BCUT2D eigenvalue weighted by molar-refractivity contribution is 7.83. The van der Waals surface area contributed by atoms with Crippen LogP contribution in [0.2, 0.25) is 0 Å². The maximum Gasteiger partial charge on any atom is 0.431 e. The highest BCUT2D eigenvalue weighted by Crippen LogP contribution is 2.31. The third-order valence-corrected chi connectivity index (χ3v) is 5.00. The number of hydrogen-bond acceptors (Lipinski definition) is 3. The molecule has 2 heterocycles. The van der Waals surface area contributed by atoms with E-state index in [0.717, 1.165) is 6.07 Å².